The summed E-state index contributed by atoms with van der Waals surface area (Å²) in [4.78, 5) is 16.5. The number of hydrogen-bond donors (Lipinski definition) is 1. The molecule has 0 aromatic carbocycles. The fourth-order valence-corrected chi connectivity index (χ4v) is 2.11. The van der Waals surface area contributed by atoms with Gasteiger partial charge in [0.2, 0.25) is 0 Å². The minimum Gasteiger partial charge on any atom is -0.384 e. The average Bonchev–Trinajstić information content (AvgIpc) is 2.27. The van der Waals surface area contributed by atoms with Gasteiger partial charge in [-0.25, -0.2) is 9.97 Å². The Hall–Kier alpha value is -1.40. The second kappa shape index (κ2) is 5.29. The summed E-state index contributed by atoms with van der Waals surface area (Å²) in [5.74, 6) is 0.995. The van der Waals surface area contributed by atoms with Gasteiger partial charge in [0.25, 0.3) is 0 Å². The molecule has 2 N–H and O–H groups in total. The van der Waals surface area contributed by atoms with E-state index in [1.54, 1.807) is 12.4 Å². The van der Waals surface area contributed by atoms with Gasteiger partial charge in [-0.1, -0.05) is 23.4 Å². The molecule has 2 aromatic rings. The Morgan fingerprint density at radius 3 is 2.76 bits per heavy atom. The van der Waals surface area contributed by atoms with E-state index in [2.05, 4.69) is 19.9 Å². The van der Waals surface area contributed by atoms with E-state index in [9.17, 15) is 0 Å². The van der Waals surface area contributed by atoms with Gasteiger partial charge in [-0.2, -0.15) is 0 Å². The number of aryl methyl sites for hydroxylation is 1. The summed E-state index contributed by atoms with van der Waals surface area (Å²) in [6.45, 7) is 1.89. The Kier molecular flexibility index (Phi) is 3.75. The van der Waals surface area contributed by atoms with Gasteiger partial charge in [0.15, 0.2) is 5.16 Å². The van der Waals surface area contributed by atoms with Crippen molar-refractivity contribution in [3.8, 4) is 0 Å². The summed E-state index contributed by atoms with van der Waals surface area (Å²) < 4.78 is 0. The van der Waals surface area contributed by atoms with E-state index in [4.69, 9.17) is 17.3 Å². The van der Waals surface area contributed by atoms with Gasteiger partial charge in [-0.3, -0.25) is 9.97 Å². The maximum Gasteiger partial charge on any atom is 0.191 e. The first-order valence-corrected chi connectivity index (χ1v) is 6.20. The van der Waals surface area contributed by atoms with Crippen molar-refractivity contribution in [3.05, 3.63) is 35.0 Å². The molecular formula is C10H10ClN5S. The molecule has 17 heavy (non-hydrogen) atoms. The molecular weight excluding hydrogens is 258 g/mol. The van der Waals surface area contributed by atoms with Crippen molar-refractivity contribution in [2.24, 2.45) is 0 Å². The van der Waals surface area contributed by atoms with Crippen LogP contribution in [0.2, 0.25) is 5.15 Å². The van der Waals surface area contributed by atoms with Crippen LogP contribution in [0.4, 0.5) is 5.82 Å². The first kappa shape index (κ1) is 12.1. The summed E-state index contributed by atoms with van der Waals surface area (Å²) in [7, 11) is 0. The minimum atomic E-state index is 0.343. The molecule has 0 unspecified atom stereocenters. The van der Waals surface area contributed by atoms with Gasteiger partial charge in [0.1, 0.15) is 11.0 Å². The monoisotopic (exact) mass is 267 g/mol. The molecule has 0 fully saturated rings. The molecule has 0 saturated carbocycles. The molecule has 0 aliphatic rings. The zero-order valence-electron chi connectivity index (χ0n) is 9.09. The third kappa shape index (κ3) is 3.54. The molecule has 0 atom stereocenters. The molecule has 0 saturated heterocycles. The standard InChI is InChI=1S/C10H10ClN5S/c1-6-3-14-7(4-13-6)5-17-10-15-8(11)2-9(12)16-10/h2-4H,5H2,1H3,(H2,12,15,16). The van der Waals surface area contributed by atoms with E-state index >= 15 is 0 Å². The number of thioether (sulfide) groups is 1. The van der Waals surface area contributed by atoms with Gasteiger partial charge < -0.3 is 5.73 Å². The number of nitrogen functional groups attached to an aromatic ring is 1. The first-order chi connectivity index (χ1) is 8.13. The van der Waals surface area contributed by atoms with Crippen molar-refractivity contribution in [1.29, 1.82) is 0 Å². The highest BCUT2D eigenvalue weighted by Crippen LogP contribution is 2.20. The van der Waals surface area contributed by atoms with Crippen LogP contribution < -0.4 is 5.73 Å². The van der Waals surface area contributed by atoms with Crippen molar-refractivity contribution >= 4 is 29.2 Å². The zero-order chi connectivity index (χ0) is 12.3. The lowest BCUT2D eigenvalue weighted by Crippen LogP contribution is -1.96. The van der Waals surface area contributed by atoms with Crippen LogP contribution in [0.3, 0.4) is 0 Å². The second-order valence-electron chi connectivity index (χ2n) is 3.34. The van der Waals surface area contributed by atoms with E-state index in [-0.39, 0.29) is 0 Å². The molecule has 7 heteroatoms. The SMILES string of the molecule is Cc1cnc(CSc2nc(N)cc(Cl)n2)cn1. The van der Waals surface area contributed by atoms with Gasteiger partial charge in [0, 0.05) is 24.2 Å². The smallest absolute Gasteiger partial charge is 0.191 e. The van der Waals surface area contributed by atoms with Crippen LogP contribution in [0.25, 0.3) is 0 Å². The van der Waals surface area contributed by atoms with Crippen LogP contribution in [-0.2, 0) is 5.75 Å². The second-order valence-corrected chi connectivity index (χ2v) is 4.67. The predicted octanol–water partition coefficient (Wildman–Crippen LogP) is 2.10. The number of nitrogens with zero attached hydrogens (tertiary/aromatic N) is 4. The number of nitrogens with two attached hydrogens (primary N) is 1. The molecule has 0 radical (unpaired) electrons. The number of halogens is 1. The highest BCUT2D eigenvalue weighted by atomic mass is 35.5. The van der Waals surface area contributed by atoms with E-state index < -0.39 is 0 Å². The molecule has 2 rings (SSSR count). The molecule has 0 aliphatic heterocycles. The molecule has 0 amide bonds. The molecule has 2 aromatic heterocycles. The number of anilines is 1. The lowest BCUT2D eigenvalue weighted by molar-refractivity contribution is 0.971. The van der Waals surface area contributed by atoms with Crippen LogP contribution >= 0.6 is 23.4 Å². The largest absolute Gasteiger partial charge is 0.384 e. The summed E-state index contributed by atoms with van der Waals surface area (Å²) in [6.07, 6.45) is 3.46. The molecule has 0 aliphatic carbocycles. The molecule has 2 heterocycles. The van der Waals surface area contributed by atoms with E-state index in [0.29, 0.717) is 21.9 Å². The van der Waals surface area contributed by atoms with Gasteiger partial charge in [-0.05, 0) is 6.92 Å². The Morgan fingerprint density at radius 2 is 2.12 bits per heavy atom. The van der Waals surface area contributed by atoms with Gasteiger partial charge in [-0.15, -0.1) is 0 Å². The van der Waals surface area contributed by atoms with Gasteiger partial charge in [0.05, 0.1) is 11.4 Å². The first-order valence-electron chi connectivity index (χ1n) is 4.84. The molecule has 5 nitrogen and oxygen atoms in total. The van der Waals surface area contributed by atoms with Crippen molar-refractivity contribution in [1.82, 2.24) is 19.9 Å². The van der Waals surface area contributed by atoms with Crippen molar-refractivity contribution < 1.29 is 0 Å². The van der Waals surface area contributed by atoms with Crippen LogP contribution in [0.15, 0.2) is 23.6 Å². The maximum absolute atomic E-state index is 5.78. The van der Waals surface area contributed by atoms with E-state index in [1.807, 2.05) is 6.92 Å². The lowest BCUT2D eigenvalue weighted by atomic mass is 10.4. The summed E-state index contributed by atoms with van der Waals surface area (Å²) >= 11 is 7.20. The Morgan fingerprint density at radius 1 is 1.29 bits per heavy atom. The van der Waals surface area contributed by atoms with Crippen molar-refractivity contribution in [2.75, 3.05) is 5.73 Å². The zero-order valence-corrected chi connectivity index (χ0v) is 10.7. The summed E-state index contributed by atoms with van der Waals surface area (Å²) in [5, 5.41) is 0.882. The fraction of sp³-hybridized carbons (Fsp3) is 0.200. The number of rotatable bonds is 3. The Balaban J connectivity index is 2.04. The van der Waals surface area contributed by atoms with E-state index in [1.165, 1.54) is 17.8 Å². The average molecular weight is 268 g/mol. The predicted molar refractivity (Wildman–Crippen MR) is 67.8 cm³/mol. The quantitative estimate of drug-likeness (QED) is 0.521. The molecule has 0 bridgehead atoms. The topological polar surface area (TPSA) is 77.6 Å². The normalized spacial score (nSPS) is 10.5. The lowest BCUT2D eigenvalue weighted by Gasteiger charge is -2.01. The Labute approximate surface area is 108 Å². The minimum absolute atomic E-state index is 0.343. The van der Waals surface area contributed by atoms with Crippen molar-refractivity contribution in [3.63, 3.8) is 0 Å². The van der Waals surface area contributed by atoms with Crippen LogP contribution in [0, 0.1) is 6.92 Å². The van der Waals surface area contributed by atoms with Crippen LogP contribution in [-0.4, -0.2) is 19.9 Å². The molecule has 0 spiro atoms. The highest BCUT2D eigenvalue weighted by Gasteiger charge is 2.03. The van der Waals surface area contributed by atoms with Crippen molar-refractivity contribution in [2.45, 2.75) is 17.8 Å². The van der Waals surface area contributed by atoms with E-state index in [0.717, 1.165) is 11.4 Å². The number of hydrogen-bond acceptors (Lipinski definition) is 6. The maximum atomic E-state index is 5.78. The summed E-state index contributed by atoms with van der Waals surface area (Å²) in [5.41, 5.74) is 7.33. The van der Waals surface area contributed by atoms with Crippen LogP contribution in [0.1, 0.15) is 11.4 Å². The van der Waals surface area contributed by atoms with Gasteiger partial charge >= 0.3 is 0 Å². The third-order valence-corrected chi connectivity index (χ3v) is 2.95. The third-order valence-electron chi connectivity index (χ3n) is 1.88. The highest BCUT2D eigenvalue weighted by molar-refractivity contribution is 7.98. The Bertz CT molecular complexity index is 496. The molecule has 88 valence electrons. The van der Waals surface area contributed by atoms with Crippen LogP contribution in [0.5, 0.6) is 0 Å². The fourth-order valence-electron chi connectivity index (χ4n) is 1.11. The summed E-state index contributed by atoms with van der Waals surface area (Å²) in [6, 6.07) is 1.51. The number of aromatic nitrogens is 4.